The van der Waals surface area contributed by atoms with Crippen molar-refractivity contribution in [1.29, 1.82) is 0 Å². The first-order chi connectivity index (χ1) is 32.4. The highest BCUT2D eigenvalue weighted by atomic mass is 32.2. The van der Waals surface area contributed by atoms with E-state index in [4.69, 9.17) is 14.6 Å². The molecule has 18 nitrogen and oxygen atoms in total. The molecule has 0 unspecified atom stereocenters. The molecule has 5 aromatic rings. The molecule has 0 aliphatic heterocycles. The van der Waals surface area contributed by atoms with E-state index in [-0.39, 0.29) is 41.4 Å². The number of carboxylic acids is 1. The van der Waals surface area contributed by atoms with E-state index in [1.165, 1.54) is 31.4 Å². The number of nitro groups is 1. The van der Waals surface area contributed by atoms with Gasteiger partial charge in [0.2, 0.25) is 30.1 Å². The minimum absolute atomic E-state index is 0.00565. The number of carbonyl (C=O) groups is 1. The Morgan fingerprint density at radius 1 is 0.629 bits per heavy atom. The Balaban J connectivity index is 0.000000449. The number of aliphatic carboxylic acids is 1. The van der Waals surface area contributed by atoms with Crippen molar-refractivity contribution in [1.82, 2.24) is 14.2 Å². The summed E-state index contributed by atoms with van der Waals surface area (Å²) in [5.41, 5.74) is 3.08. The van der Waals surface area contributed by atoms with Crippen molar-refractivity contribution in [2.24, 2.45) is 0 Å². The van der Waals surface area contributed by atoms with Crippen LogP contribution in [0.2, 0.25) is 0 Å². The molecule has 0 radical (unpaired) electrons. The molecule has 0 fully saturated rings. The van der Waals surface area contributed by atoms with Crippen molar-refractivity contribution in [2.45, 2.75) is 121 Å². The Bertz CT molecular complexity index is 2710. The van der Waals surface area contributed by atoms with E-state index in [0.717, 1.165) is 27.7 Å². The fourth-order valence-corrected chi connectivity index (χ4v) is 9.72. The van der Waals surface area contributed by atoms with Crippen LogP contribution < -0.4 is 29.1 Å². The monoisotopic (exact) mass is 1030 g/mol. The zero-order chi connectivity index (χ0) is 53.6. The summed E-state index contributed by atoms with van der Waals surface area (Å²) in [5, 5.41) is 23.2. The van der Waals surface area contributed by atoms with E-state index >= 15 is 0 Å². The molecule has 388 valence electrons. The van der Waals surface area contributed by atoms with Crippen molar-refractivity contribution in [3.63, 3.8) is 0 Å². The first kappa shape index (κ1) is 62.3. The van der Waals surface area contributed by atoms with E-state index in [0.29, 0.717) is 21.6 Å². The molecular formula is C49H72N6O12S3. The van der Waals surface area contributed by atoms with Crippen LogP contribution in [0.5, 0.6) is 5.75 Å². The van der Waals surface area contributed by atoms with Crippen LogP contribution in [-0.4, -0.2) is 99.3 Å². The predicted octanol–water partition coefficient (Wildman–Crippen LogP) is 8.57. The SMILES string of the molecule is CC(C)NS(=O)(=O)c1cccc2c(N(C)C)cccc12.CC(C)Nc1ccc([N+](=O)[O-])cc1.CC(C)OCC(=O)O.COc1ccc(S(=O)(=O)NC(C)C)cc1.Cc1ccc(S(=O)(=O)NC(C)C)cc1. The second-order valence-corrected chi connectivity index (χ2v) is 22.3. The number of non-ortho nitro benzene ring substituents is 1. The Kier molecular flexibility index (Phi) is 26.3. The molecule has 70 heavy (non-hydrogen) atoms. The number of ether oxygens (including phenoxy) is 2. The van der Waals surface area contributed by atoms with Gasteiger partial charge in [-0.3, -0.25) is 10.1 Å². The predicted molar refractivity (Wildman–Crippen MR) is 279 cm³/mol. The Morgan fingerprint density at radius 3 is 1.46 bits per heavy atom. The van der Waals surface area contributed by atoms with Crippen LogP contribution in [0.4, 0.5) is 17.1 Å². The van der Waals surface area contributed by atoms with Gasteiger partial charge in [0, 0.05) is 72.5 Å². The average Bonchev–Trinajstić information content (AvgIpc) is 3.25. The molecule has 21 heteroatoms. The van der Waals surface area contributed by atoms with Gasteiger partial charge in [-0.2, -0.15) is 0 Å². The molecule has 5 aromatic carbocycles. The standard InChI is InChI=1S/C15H20N2O2S.C10H15NO3S.C10H15NO2S.C9H12N2O2.C5H10O3/c1-11(2)16-20(18,19)15-10-6-7-12-13(15)8-5-9-14(12)17(3)4;1-8(2)11-15(12,13)10-6-4-9(14-3)5-7-10;1-8(2)11-14(12,13)10-6-4-9(3)5-7-10;1-7(2)10-8-3-5-9(6-4-8)11(12)13;1-4(2)8-3-5(6)7/h5-11,16H,1-4H3;4-8,11H,1-3H3;4-8,11H,1-3H3;3-7,10H,1-2H3;4H,3H2,1-2H3,(H,6,7). The van der Waals surface area contributed by atoms with Crippen LogP contribution in [0.25, 0.3) is 10.8 Å². The Hall–Kier alpha value is -5.68. The highest BCUT2D eigenvalue weighted by molar-refractivity contribution is 7.90. The Labute approximate surface area is 415 Å². The van der Waals surface area contributed by atoms with Gasteiger partial charge in [0.1, 0.15) is 12.4 Å². The molecule has 0 saturated heterocycles. The van der Waals surface area contributed by atoms with Crippen LogP contribution >= 0.6 is 0 Å². The van der Waals surface area contributed by atoms with Gasteiger partial charge in [-0.15, -0.1) is 0 Å². The topological polar surface area (TPSA) is 253 Å². The number of benzene rings is 5. The Morgan fingerprint density at radius 2 is 1.07 bits per heavy atom. The zero-order valence-corrected chi connectivity index (χ0v) is 45.0. The minimum atomic E-state index is -3.50. The molecule has 0 aliphatic carbocycles. The van der Waals surface area contributed by atoms with Gasteiger partial charge in [0.05, 0.1) is 32.8 Å². The lowest BCUT2D eigenvalue weighted by Gasteiger charge is -2.17. The number of methoxy groups -OCH3 is 1. The van der Waals surface area contributed by atoms with E-state index in [9.17, 15) is 40.2 Å². The van der Waals surface area contributed by atoms with Gasteiger partial charge in [0.15, 0.2) is 0 Å². The zero-order valence-electron chi connectivity index (χ0n) is 42.5. The van der Waals surface area contributed by atoms with Crippen molar-refractivity contribution in [2.75, 3.05) is 38.0 Å². The largest absolute Gasteiger partial charge is 0.497 e. The van der Waals surface area contributed by atoms with E-state index in [1.807, 2.05) is 77.9 Å². The fourth-order valence-electron chi connectivity index (χ4n) is 5.74. The molecule has 0 bridgehead atoms. The number of nitro benzene ring substituents is 1. The van der Waals surface area contributed by atoms with Crippen molar-refractivity contribution in [3.8, 4) is 5.75 Å². The fraction of sp³-hybridized carbons (Fsp3) is 0.408. The van der Waals surface area contributed by atoms with Crippen molar-refractivity contribution in [3.05, 3.63) is 125 Å². The van der Waals surface area contributed by atoms with E-state index in [2.05, 4.69) is 19.5 Å². The first-order valence-electron chi connectivity index (χ1n) is 22.2. The van der Waals surface area contributed by atoms with Gasteiger partial charge >= 0.3 is 5.97 Å². The number of carboxylic acid groups (broad SMARTS) is 1. The third-order valence-corrected chi connectivity index (χ3v) is 13.6. The molecular weight excluding hydrogens is 961 g/mol. The summed E-state index contributed by atoms with van der Waals surface area (Å²) in [6.07, 6.45) is 0.00565. The summed E-state index contributed by atoms with van der Waals surface area (Å²) in [6, 6.07) is 30.5. The van der Waals surface area contributed by atoms with Crippen LogP contribution in [0.3, 0.4) is 0 Å². The number of rotatable bonds is 17. The normalized spacial score (nSPS) is 11.4. The maximum Gasteiger partial charge on any atom is 0.329 e. The molecule has 0 heterocycles. The smallest absolute Gasteiger partial charge is 0.329 e. The number of nitrogens with zero attached hydrogens (tertiary/aromatic N) is 2. The lowest BCUT2D eigenvalue weighted by molar-refractivity contribution is -0.384. The van der Waals surface area contributed by atoms with E-state index < -0.39 is 41.0 Å². The number of anilines is 2. The number of hydrogen-bond acceptors (Lipinski definition) is 13. The molecule has 0 aromatic heterocycles. The van der Waals surface area contributed by atoms with Crippen LogP contribution in [0.15, 0.2) is 124 Å². The summed E-state index contributed by atoms with van der Waals surface area (Å²) in [4.78, 5) is 22.6. The van der Waals surface area contributed by atoms with Crippen molar-refractivity contribution < 1.29 is 49.6 Å². The summed E-state index contributed by atoms with van der Waals surface area (Å²) in [5.74, 6) is -0.280. The number of fused-ring (bicyclic) bond motifs is 1. The lowest BCUT2D eigenvalue weighted by atomic mass is 10.1. The molecule has 5 N–H and O–H groups in total. The van der Waals surface area contributed by atoms with Gasteiger partial charge < -0.3 is 24.8 Å². The highest BCUT2D eigenvalue weighted by Crippen LogP contribution is 2.30. The summed E-state index contributed by atoms with van der Waals surface area (Å²) in [6.45, 7) is 20.1. The summed E-state index contributed by atoms with van der Waals surface area (Å²) >= 11 is 0. The van der Waals surface area contributed by atoms with Gasteiger partial charge in [-0.05, 0) is 137 Å². The lowest BCUT2D eigenvalue weighted by Crippen LogP contribution is -2.30. The highest BCUT2D eigenvalue weighted by Gasteiger charge is 2.20. The molecule has 0 amide bonds. The minimum Gasteiger partial charge on any atom is -0.497 e. The number of hydrogen-bond donors (Lipinski definition) is 5. The first-order valence-corrected chi connectivity index (χ1v) is 26.7. The van der Waals surface area contributed by atoms with Crippen LogP contribution in [-0.2, 0) is 39.6 Å². The summed E-state index contributed by atoms with van der Waals surface area (Å²) in [7, 11) is -4.78. The molecule has 0 spiro atoms. The summed E-state index contributed by atoms with van der Waals surface area (Å²) < 4.78 is 88.8. The number of nitrogens with one attached hydrogen (secondary N) is 4. The van der Waals surface area contributed by atoms with Crippen LogP contribution in [0, 0.1) is 17.0 Å². The third kappa shape index (κ3) is 23.3. The van der Waals surface area contributed by atoms with Crippen molar-refractivity contribution >= 4 is 63.9 Å². The van der Waals surface area contributed by atoms with E-state index in [1.54, 1.807) is 102 Å². The van der Waals surface area contributed by atoms with Gasteiger partial charge in [-0.25, -0.2) is 44.2 Å². The van der Waals surface area contributed by atoms with Gasteiger partial charge in [0.25, 0.3) is 5.69 Å². The molecule has 0 saturated carbocycles. The van der Waals surface area contributed by atoms with Gasteiger partial charge in [-0.1, -0.05) is 42.0 Å². The second kappa shape index (κ2) is 29.5. The molecule has 0 atom stereocenters. The molecule has 5 rings (SSSR count). The second-order valence-electron chi connectivity index (χ2n) is 17.2. The van der Waals surface area contributed by atoms with Crippen LogP contribution in [0.1, 0.15) is 74.8 Å². The maximum atomic E-state index is 12.4. The number of sulfonamides is 3. The number of aryl methyl sites for hydroxylation is 1. The average molecular weight is 1030 g/mol. The maximum absolute atomic E-state index is 12.4. The molecule has 0 aliphatic rings. The third-order valence-electron chi connectivity index (χ3n) is 8.58. The quantitative estimate of drug-likeness (QED) is 0.0432.